The van der Waals surface area contributed by atoms with E-state index in [1.54, 1.807) is 7.11 Å². The van der Waals surface area contributed by atoms with Gasteiger partial charge in [0.15, 0.2) is 0 Å². The van der Waals surface area contributed by atoms with Gasteiger partial charge in [0.1, 0.15) is 5.75 Å². The van der Waals surface area contributed by atoms with E-state index >= 15 is 0 Å². The summed E-state index contributed by atoms with van der Waals surface area (Å²) in [4.78, 5) is 0. The number of hydrogen-bond acceptors (Lipinski definition) is 2. The summed E-state index contributed by atoms with van der Waals surface area (Å²) in [7, 11) is 1.73. The predicted molar refractivity (Wildman–Crippen MR) is 114 cm³/mol. The van der Waals surface area contributed by atoms with Gasteiger partial charge < -0.3 is 14.6 Å². The Morgan fingerprint density at radius 1 is 0.889 bits per heavy atom. The Labute approximate surface area is 160 Å². The fourth-order valence-electron chi connectivity index (χ4n) is 3.92. The molecule has 0 saturated carbocycles. The first-order valence-corrected chi connectivity index (χ1v) is 9.64. The first-order chi connectivity index (χ1) is 13.3. The molecule has 0 spiro atoms. The Bertz CT molecular complexity index is 1060. The number of rotatable bonds is 7. The lowest BCUT2D eigenvalue weighted by molar-refractivity contribution is 0.409. The number of para-hydroxylation sites is 2. The molecule has 27 heavy (non-hydrogen) atoms. The first kappa shape index (κ1) is 17.6. The van der Waals surface area contributed by atoms with Gasteiger partial charge in [-0.2, -0.15) is 0 Å². The normalized spacial score (nSPS) is 11.3. The fourth-order valence-corrected chi connectivity index (χ4v) is 3.92. The number of nitrogens with one attached hydrogen (secondary N) is 1. The highest BCUT2D eigenvalue weighted by atomic mass is 16.5. The lowest BCUT2D eigenvalue weighted by Crippen LogP contribution is -2.16. The Kier molecular flexibility index (Phi) is 5.12. The van der Waals surface area contributed by atoms with Crippen molar-refractivity contribution in [3.05, 3.63) is 77.9 Å². The Morgan fingerprint density at radius 2 is 1.67 bits per heavy atom. The maximum absolute atomic E-state index is 5.43. The summed E-state index contributed by atoms with van der Waals surface area (Å²) in [6, 6.07) is 23.7. The van der Waals surface area contributed by atoms with Crippen LogP contribution in [0.4, 0.5) is 0 Å². The lowest BCUT2D eigenvalue weighted by Gasteiger charge is -2.09. The highest BCUT2D eigenvalue weighted by Crippen LogP contribution is 2.29. The molecule has 138 valence electrons. The van der Waals surface area contributed by atoms with Gasteiger partial charge >= 0.3 is 0 Å². The highest BCUT2D eigenvalue weighted by Gasteiger charge is 2.09. The molecule has 0 amide bonds. The molecule has 3 aromatic carbocycles. The van der Waals surface area contributed by atoms with E-state index in [0.717, 1.165) is 31.8 Å². The van der Waals surface area contributed by atoms with E-state index in [2.05, 4.69) is 71.4 Å². The highest BCUT2D eigenvalue weighted by molar-refractivity contribution is 6.08. The monoisotopic (exact) mass is 358 g/mol. The SMILES string of the molecule is CCn1c2ccccc2c2cc(CNCCc3ccccc3OC)ccc21. The molecule has 1 heterocycles. The van der Waals surface area contributed by atoms with Crippen LogP contribution in [-0.4, -0.2) is 18.2 Å². The molecule has 3 heteroatoms. The van der Waals surface area contributed by atoms with Crippen molar-refractivity contribution in [1.29, 1.82) is 0 Å². The second kappa shape index (κ2) is 7.85. The van der Waals surface area contributed by atoms with E-state index in [4.69, 9.17) is 4.74 Å². The van der Waals surface area contributed by atoms with Crippen LogP contribution in [0.2, 0.25) is 0 Å². The maximum Gasteiger partial charge on any atom is 0.122 e. The number of hydrogen-bond donors (Lipinski definition) is 1. The van der Waals surface area contributed by atoms with Crippen LogP contribution < -0.4 is 10.1 Å². The van der Waals surface area contributed by atoms with Crippen LogP contribution in [0.25, 0.3) is 21.8 Å². The average Bonchev–Trinajstić information content (AvgIpc) is 3.04. The summed E-state index contributed by atoms with van der Waals surface area (Å²) in [6.45, 7) is 4.99. The number of benzene rings is 3. The Hall–Kier alpha value is -2.78. The van der Waals surface area contributed by atoms with Crippen LogP contribution in [-0.2, 0) is 19.5 Å². The zero-order valence-electron chi connectivity index (χ0n) is 16.0. The molecule has 1 N–H and O–H groups in total. The minimum atomic E-state index is 0.872. The van der Waals surface area contributed by atoms with Crippen LogP contribution >= 0.6 is 0 Å². The molecule has 0 saturated heterocycles. The molecule has 0 atom stereocenters. The van der Waals surface area contributed by atoms with E-state index in [1.165, 1.54) is 32.9 Å². The van der Waals surface area contributed by atoms with Gasteiger partial charge in [0, 0.05) is 34.9 Å². The van der Waals surface area contributed by atoms with Crippen LogP contribution in [0, 0.1) is 0 Å². The molecule has 0 aliphatic heterocycles. The Morgan fingerprint density at radius 3 is 2.52 bits per heavy atom. The van der Waals surface area contributed by atoms with Crippen molar-refractivity contribution in [2.24, 2.45) is 0 Å². The van der Waals surface area contributed by atoms with Gasteiger partial charge in [0.25, 0.3) is 0 Å². The van der Waals surface area contributed by atoms with Gasteiger partial charge in [0.05, 0.1) is 7.11 Å². The molecule has 1 aromatic heterocycles. The topological polar surface area (TPSA) is 26.2 Å². The largest absolute Gasteiger partial charge is 0.496 e. The summed E-state index contributed by atoms with van der Waals surface area (Å²) >= 11 is 0. The predicted octanol–water partition coefficient (Wildman–Crippen LogP) is 5.16. The third kappa shape index (κ3) is 3.43. The summed E-state index contributed by atoms with van der Waals surface area (Å²) in [5, 5.41) is 6.25. The summed E-state index contributed by atoms with van der Waals surface area (Å²) in [5.74, 6) is 0.966. The van der Waals surface area contributed by atoms with Crippen molar-refractivity contribution >= 4 is 21.8 Å². The van der Waals surface area contributed by atoms with Crippen LogP contribution in [0.3, 0.4) is 0 Å². The van der Waals surface area contributed by atoms with Crippen molar-refractivity contribution in [3.63, 3.8) is 0 Å². The van der Waals surface area contributed by atoms with E-state index in [0.29, 0.717) is 0 Å². The molecular formula is C24H26N2O. The lowest BCUT2D eigenvalue weighted by atomic mass is 10.1. The molecule has 4 aromatic rings. The first-order valence-electron chi connectivity index (χ1n) is 9.64. The zero-order chi connectivity index (χ0) is 18.6. The summed E-state index contributed by atoms with van der Waals surface area (Å²) < 4.78 is 7.82. The van der Waals surface area contributed by atoms with Gasteiger partial charge in [-0.25, -0.2) is 0 Å². The molecular weight excluding hydrogens is 332 g/mol. The van der Waals surface area contributed by atoms with Gasteiger partial charge in [-0.1, -0.05) is 42.5 Å². The third-order valence-electron chi connectivity index (χ3n) is 5.25. The minimum Gasteiger partial charge on any atom is -0.496 e. The number of methoxy groups -OCH3 is 1. The fraction of sp³-hybridized carbons (Fsp3) is 0.250. The molecule has 0 aliphatic rings. The second-order valence-electron chi connectivity index (χ2n) is 6.85. The van der Waals surface area contributed by atoms with Gasteiger partial charge in [0.2, 0.25) is 0 Å². The molecule has 0 bridgehead atoms. The van der Waals surface area contributed by atoms with Crippen LogP contribution in [0.15, 0.2) is 66.7 Å². The van der Waals surface area contributed by atoms with Gasteiger partial charge in [-0.15, -0.1) is 0 Å². The van der Waals surface area contributed by atoms with E-state index in [9.17, 15) is 0 Å². The quantitative estimate of drug-likeness (QED) is 0.462. The number of fused-ring (bicyclic) bond motifs is 3. The van der Waals surface area contributed by atoms with Crippen LogP contribution in [0.1, 0.15) is 18.1 Å². The van der Waals surface area contributed by atoms with Crippen molar-refractivity contribution in [2.45, 2.75) is 26.4 Å². The van der Waals surface area contributed by atoms with E-state index < -0.39 is 0 Å². The molecule has 3 nitrogen and oxygen atoms in total. The van der Waals surface area contributed by atoms with Crippen molar-refractivity contribution < 1.29 is 4.74 Å². The van der Waals surface area contributed by atoms with Crippen molar-refractivity contribution in [1.82, 2.24) is 9.88 Å². The van der Waals surface area contributed by atoms with Gasteiger partial charge in [-0.05, 0) is 55.3 Å². The zero-order valence-corrected chi connectivity index (χ0v) is 16.0. The van der Waals surface area contributed by atoms with Crippen LogP contribution in [0.5, 0.6) is 5.75 Å². The number of nitrogens with zero attached hydrogens (tertiary/aromatic N) is 1. The second-order valence-corrected chi connectivity index (χ2v) is 6.85. The Balaban J connectivity index is 1.49. The van der Waals surface area contributed by atoms with E-state index in [1.807, 2.05) is 12.1 Å². The molecule has 0 aliphatic carbocycles. The van der Waals surface area contributed by atoms with Crippen molar-refractivity contribution in [3.8, 4) is 5.75 Å². The minimum absolute atomic E-state index is 0.872. The maximum atomic E-state index is 5.43. The third-order valence-corrected chi connectivity index (χ3v) is 5.25. The van der Waals surface area contributed by atoms with Crippen molar-refractivity contribution in [2.75, 3.05) is 13.7 Å². The van der Waals surface area contributed by atoms with Gasteiger partial charge in [-0.3, -0.25) is 0 Å². The number of aromatic nitrogens is 1. The number of ether oxygens (including phenoxy) is 1. The molecule has 0 fully saturated rings. The summed E-state index contributed by atoms with van der Waals surface area (Å²) in [5.41, 5.74) is 5.20. The standard InChI is InChI=1S/C24H26N2O/c1-3-26-22-10-6-5-9-20(22)21-16-18(12-13-23(21)26)17-25-15-14-19-8-4-7-11-24(19)27-2/h4-13,16,25H,3,14-15,17H2,1-2H3. The number of aryl methyl sites for hydroxylation is 1. The smallest absolute Gasteiger partial charge is 0.122 e. The molecule has 4 rings (SSSR count). The summed E-state index contributed by atoms with van der Waals surface area (Å²) in [6.07, 6.45) is 0.960. The molecule has 0 unspecified atom stereocenters. The molecule has 0 radical (unpaired) electrons. The van der Waals surface area contributed by atoms with E-state index in [-0.39, 0.29) is 0 Å². The average molecular weight is 358 g/mol.